The van der Waals surface area contributed by atoms with Crippen molar-refractivity contribution in [2.75, 3.05) is 6.61 Å². The zero-order valence-electron chi connectivity index (χ0n) is 13.3. The van der Waals surface area contributed by atoms with Crippen LogP contribution in [-0.4, -0.2) is 27.5 Å². The lowest BCUT2D eigenvalue weighted by molar-refractivity contribution is 0.0524. The summed E-state index contributed by atoms with van der Waals surface area (Å²) >= 11 is 1.53. The van der Waals surface area contributed by atoms with Gasteiger partial charge in [-0.05, 0) is 38.3 Å². The summed E-state index contributed by atoms with van der Waals surface area (Å²) in [5.74, 6) is -0.344. The molecule has 0 atom stereocenters. The first kappa shape index (κ1) is 15.7. The van der Waals surface area contributed by atoms with Crippen LogP contribution in [0.1, 0.15) is 33.5 Å². The number of aryl methyl sites for hydroxylation is 1. The Kier molecular flexibility index (Phi) is 4.19. The summed E-state index contributed by atoms with van der Waals surface area (Å²) in [5.41, 5.74) is 2.83. The lowest BCUT2D eigenvalue weighted by Gasteiger charge is -2.06. The van der Waals surface area contributed by atoms with E-state index in [1.807, 2.05) is 38.1 Å². The minimum atomic E-state index is -0.344. The highest BCUT2D eigenvalue weighted by atomic mass is 32.1. The highest BCUT2D eigenvalue weighted by Gasteiger charge is 2.21. The maximum Gasteiger partial charge on any atom is 0.341 e. The molecule has 3 rings (SSSR count). The summed E-state index contributed by atoms with van der Waals surface area (Å²) in [6.07, 6.45) is 0. The van der Waals surface area contributed by atoms with Crippen molar-refractivity contribution in [1.29, 1.82) is 0 Å². The predicted molar refractivity (Wildman–Crippen MR) is 90.3 cm³/mol. The minimum absolute atomic E-state index is 0.0178. The third kappa shape index (κ3) is 2.64. The van der Waals surface area contributed by atoms with Crippen LogP contribution in [0.5, 0.6) is 0 Å². The first-order chi connectivity index (χ1) is 11.1. The summed E-state index contributed by atoms with van der Waals surface area (Å²) in [5, 5.41) is 14.9. The summed E-state index contributed by atoms with van der Waals surface area (Å²) in [4.78, 5) is 13.0. The van der Waals surface area contributed by atoms with E-state index in [1.165, 1.54) is 11.3 Å². The van der Waals surface area contributed by atoms with Crippen LogP contribution in [-0.2, 0) is 11.3 Å². The molecule has 6 heteroatoms. The average molecular weight is 330 g/mol. The van der Waals surface area contributed by atoms with Crippen molar-refractivity contribution in [3.05, 3.63) is 46.1 Å². The molecule has 0 aliphatic rings. The molecule has 0 saturated carbocycles. The van der Waals surface area contributed by atoms with Crippen LogP contribution in [0.4, 0.5) is 0 Å². The first-order valence-electron chi connectivity index (χ1n) is 7.42. The smallest absolute Gasteiger partial charge is 0.341 e. The largest absolute Gasteiger partial charge is 0.462 e. The molecule has 2 aromatic heterocycles. The minimum Gasteiger partial charge on any atom is -0.462 e. The van der Waals surface area contributed by atoms with Crippen LogP contribution in [0.3, 0.4) is 0 Å². The fraction of sp³-hybridized carbons (Fsp3) is 0.294. The molecule has 1 aromatic carbocycles. The van der Waals surface area contributed by atoms with E-state index in [0.717, 1.165) is 26.3 Å². The fourth-order valence-corrected chi connectivity index (χ4v) is 3.74. The fourth-order valence-electron chi connectivity index (χ4n) is 2.72. The van der Waals surface area contributed by atoms with E-state index in [-0.39, 0.29) is 12.6 Å². The second-order valence-electron chi connectivity index (χ2n) is 5.24. The number of hydrogen-bond donors (Lipinski definition) is 1. The number of carbonyl (C=O) groups is 1. The monoisotopic (exact) mass is 330 g/mol. The highest BCUT2D eigenvalue weighted by molar-refractivity contribution is 7.19. The van der Waals surface area contributed by atoms with Crippen LogP contribution >= 0.6 is 11.3 Å². The van der Waals surface area contributed by atoms with Crippen LogP contribution in [0, 0.1) is 13.8 Å². The number of thiophene rings is 1. The van der Waals surface area contributed by atoms with Gasteiger partial charge in [-0.1, -0.05) is 12.1 Å². The number of aliphatic hydroxyl groups excluding tert-OH is 1. The molecule has 23 heavy (non-hydrogen) atoms. The van der Waals surface area contributed by atoms with Crippen molar-refractivity contribution < 1.29 is 14.6 Å². The summed E-state index contributed by atoms with van der Waals surface area (Å²) in [6.45, 7) is 5.82. The standard InChI is InChI=1S/C17H18N2O3S/c1-4-22-17(21)15-10(2)18-19(11(15)3)14-7-5-6-12-8-13(9-20)23-16(12)14/h5-8,20H,4,9H2,1-3H3. The number of rotatable bonds is 4. The Labute approximate surface area is 138 Å². The topological polar surface area (TPSA) is 64.3 Å². The number of aromatic nitrogens is 2. The molecule has 0 radical (unpaired) electrons. The second-order valence-corrected chi connectivity index (χ2v) is 6.38. The Morgan fingerprint density at radius 2 is 2.17 bits per heavy atom. The normalized spacial score (nSPS) is 11.1. The molecule has 0 fully saturated rings. The van der Waals surface area contributed by atoms with E-state index in [9.17, 15) is 9.90 Å². The van der Waals surface area contributed by atoms with Gasteiger partial charge in [-0.25, -0.2) is 9.48 Å². The number of hydrogen-bond acceptors (Lipinski definition) is 5. The molecule has 1 N–H and O–H groups in total. The quantitative estimate of drug-likeness (QED) is 0.745. The Bertz CT molecular complexity index is 879. The maximum atomic E-state index is 12.1. The van der Waals surface area contributed by atoms with E-state index < -0.39 is 0 Å². The number of aliphatic hydroxyl groups is 1. The Balaban J connectivity index is 2.18. The summed E-state index contributed by atoms with van der Waals surface area (Å²) in [7, 11) is 0. The van der Waals surface area contributed by atoms with Crippen LogP contribution in [0.25, 0.3) is 15.8 Å². The number of fused-ring (bicyclic) bond motifs is 1. The van der Waals surface area contributed by atoms with Gasteiger partial charge in [0.2, 0.25) is 0 Å². The first-order valence-corrected chi connectivity index (χ1v) is 8.24. The average Bonchev–Trinajstić information content (AvgIpc) is 3.07. The lowest BCUT2D eigenvalue weighted by atomic mass is 10.2. The Morgan fingerprint density at radius 3 is 2.87 bits per heavy atom. The molecular formula is C17H18N2O3S. The van der Waals surface area contributed by atoms with Gasteiger partial charge >= 0.3 is 5.97 Å². The van der Waals surface area contributed by atoms with Gasteiger partial charge in [0.15, 0.2) is 0 Å². The van der Waals surface area contributed by atoms with Crippen molar-refractivity contribution in [2.45, 2.75) is 27.4 Å². The highest BCUT2D eigenvalue weighted by Crippen LogP contribution is 2.32. The SMILES string of the molecule is CCOC(=O)c1c(C)nn(-c2cccc3cc(CO)sc23)c1C. The molecule has 3 aromatic rings. The molecule has 0 spiro atoms. The summed E-state index contributed by atoms with van der Waals surface area (Å²) in [6, 6.07) is 7.90. The van der Waals surface area contributed by atoms with E-state index in [1.54, 1.807) is 11.6 Å². The van der Waals surface area contributed by atoms with Crippen molar-refractivity contribution in [2.24, 2.45) is 0 Å². The molecular weight excluding hydrogens is 312 g/mol. The van der Waals surface area contributed by atoms with Gasteiger partial charge in [0.05, 0.1) is 35.0 Å². The molecule has 0 saturated heterocycles. The second kappa shape index (κ2) is 6.14. The van der Waals surface area contributed by atoms with Crippen molar-refractivity contribution in [1.82, 2.24) is 9.78 Å². The predicted octanol–water partition coefficient (Wildman–Crippen LogP) is 3.37. The number of nitrogens with zero attached hydrogens (tertiary/aromatic N) is 2. The molecule has 2 heterocycles. The molecule has 120 valence electrons. The van der Waals surface area contributed by atoms with Crippen LogP contribution < -0.4 is 0 Å². The molecule has 0 unspecified atom stereocenters. The molecule has 0 bridgehead atoms. The van der Waals surface area contributed by atoms with Crippen LogP contribution in [0.15, 0.2) is 24.3 Å². The van der Waals surface area contributed by atoms with Gasteiger partial charge in [0.25, 0.3) is 0 Å². The van der Waals surface area contributed by atoms with Gasteiger partial charge in [0, 0.05) is 4.88 Å². The number of benzene rings is 1. The lowest BCUT2D eigenvalue weighted by Crippen LogP contribution is -2.07. The van der Waals surface area contributed by atoms with E-state index in [2.05, 4.69) is 5.10 Å². The van der Waals surface area contributed by atoms with Crippen molar-refractivity contribution in [3.8, 4) is 5.69 Å². The van der Waals surface area contributed by atoms with Gasteiger partial charge in [-0.3, -0.25) is 0 Å². The number of carbonyl (C=O) groups excluding carboxylic acids is 1. The van der Waals surface area contributed by atoms with Gasteiger partial charge in [-0.15, -0.1) is 11.3 Å². The van der Waals surface area contributed by atoms with Crippen LogP contribution in [0.2, 0.25) is 0 Å². The van der Waals surface area contributed by atoms with Crippen molar-refractivity contribution in [3.63, 3.8) is 0 Å². The zero-order chi connectivity index (χ0) is 16.6. The van der Waals surface area contributed by atoms with E-state index in [0.29, 0.717) is 17.9 Å². The van der Waals surface area contributed by atoms with E-state index >= 15 is 0 Å². The number of ether oxygens (including phenoxy) is 1. The third-order valence-corrected chi connectivity index (χ3v) is 4.89. The molecule has 0 aliphatic carbocycles. The van der Waals surface area contributed by atoms with Gasteiger partial charge in [0.1, 0.15) is 5.56 Å². The Hall–Kier alpha value is -2.18. The summed E-state index contributed by atoms with van der Waals surface area (Å²) < 4.78 is 7.94. The molecule has 5 nitrogen and oxygen atoms in total. The van der Waals surface area contributed by atoms with Gasteiger partial charge < -0.3 is 9.84 Å². The van der Waals surface area contributed by atoms with Crippen molar-refractivity contribution >= 4 is 27.4 Å². The van der Waals surface area contributed by atoms with Gasteiger partial charge in [-0.2, -0.15) is 5.10 Å². The Morgan fingerprint density at radius 1 is 1.39 bits per heavy atom. The molecule has 0 aliphatic heterocycles. The molecule has 0 amide bonds. The zero-order valence-corrected chi connectivity index (χ0v) is 14.1. The maximum absolute atomic E-state index is 12.1. The number of esters is 1. The van der Waals surface area contributed by atoms with E-state index in [4.69, 9.17) is 4.74 Å². The third-order valence-electron chi connectivity index (χ3n) is 3.73.